The summed E-state index contributed by atoms with van der Waals surface area (Å²) in [6.07, 6.45) is 3.07. The molecule has 0 atom stereocenters. The van der Waals surface area contributed by atoms with Crippen LogP contribution in [0.25, 0.3) is 6.08 Å². The Morgan fingerprint density at radius 1 is 1.07 bits per heavy atom. The van der Waals surface area contributed by atoms with Gasteiger partial charge in [-0.2, -0.15) is 4.31 Å². The summed E-state index contributed by atoms with van der Waals surface area (Å²) in [4.78, 5) is 14.5. The van der Waals surface area contributed by atoms with Crippen LogP contribution in [0.4, 0.5) is 5.69 Å². The van der Waals surface area contributed by atoms with E-state index in [1.165, 1.54) is 16.4 Å². The third-order valence-corrected chi connectivity index (χ3v) is 6.62. The molecule has 1 aliphatic heterocycles. The lowest BCUT2D eigenvalue weighted by Crippen LogP contribution is -2.47. The summed E-state index contributed by atoms with van der Waals surface area (Å²) in [6, 6.07) is 13.7. The van der Waals surface area contributed by atoms with Gasteiger partial charge in [0.05, 0.1) is 12.0 Å². The second-order valence-electron chi connectivity index (χ2n) is 6.83. The molecule has 7 nitrogen and oxygen atoms in total. The normalized spacial score (nSPS) is 16.1. The molecule has 1 fully saturated rings. The molecule has 2 aromatic carbocycles. The van der Waals surface area contributed by atoms with E-state index in [4.69, 9.17) is 4.74 Å². The smallest absolute Gasteiger partial charge is 0.248 e. The Morgan fingerprint density at radius 2 is 1.79 bits per heavy atom. The number of sulfonamides is 1. The standard InChI is InChI=1S/C21H25N3O4S/c1-23-11-13-24(14-12-23)29(26,27)20-8-4-6-18(16-20)22-21(25)10-9-17-5-3-7-19(15-17)28-2/h3-10,15-16H,11-14H2,1-2H3,(H,22,25)/b10-9-. The summed E-state index contributed by atoms with van der Waals surface area (Å²) in [5.74, 6) is 0.358. The number of rotatable bonds is 6. The van der Waals surface area contributed by atoms with Crippen molar-refractivity contribution in [3.05, 3.63) is 60.2 Å². The van der Waals surface area contributed by atoms with Gasteiger partial charge in [0.2, 0.25) is 15.9 Å². The van der Waals surface area contributed by atoms with Crippen LogP contribution in [-0.4, -0.2) is 63.9 Å². The zero-order valence-electron chi connectivity index (χ0n) is 16.5. The molecule has 8 heteroatoms. The van der Waals surface area contributed by atoms with Gasteiger partial charge < -0.3 is 15.0 Å². The van der Waals surface area contributed by atoms with E-state index < -0.39 is 10.0 Å². The maximum atomic E-state index is 12.9. The monoisotopic (exact) mass is 415 g/mol. The van der Waals surface area contributed by atoms with E-state index in [9.17, 15) is 13.2 Å². The van der Waals surface area contributed by atoms with Gasteiger partial charge in [-0.25, -0.2) is 8.42 Å². The zero-order valence-corrected chi connectivity index (χ0v) is 17.4. The highest BCUT2D eigenvalue weighted by Crippen LogP contribution is 2.21. The van der Waals surface area contributed by atoms with Crippen LogP contribution in [0, 0.1) is 0 Å². The SMILES string of the molecule is COc1cccc(/C=C\C(=O)Nc2cccc(S(=O)(=O)N3CCN(C)CC3)c2)c1. The fourth-order valence-corrected chi connectivity index (χ4v) is 4.48. The number of ether oxygens (including phenoxy) is 1. The van der Waals surface area contributed by atoms with Crippen LogP contribution >= 0.6 is 0 Å². The summed E-state index contributed by atoms with van der Waals surface area (Å²) in [6.45, 7) is 2.31. The van der Waals surface area contributed by atoms with Crippen LogP contribution in [0.5, 0.6) is 5.75 Å². The van der Waals surface area contributed by atoms with Gasteiger partial charge in [0, 0.05) is 37.9 Å². The van der Waals surface area contributed by atoms with Gasteiger partial charge in [-0.3, -0.25) is 4.79 Å². The number of carbonyl (C=O) groups is 1. The molecule has 1 heterocycles. The average molecular weight is 416 g/mol. The fraction of sp³-hybridized carbons (Fsp3) is 0.286. The Balaban J connectivity index is 1.69. The quantitative estimate of drug-likeness (QED) is 0.733. The van der Waals surface area contributed by atoms with E-state index >= 15 is 0 Å². The molecular formula is C21H25N3O4S. The lowest BCUT2D eigenvalue weighted by molar-refractivity contribution is -0.111. The number of amides is 1. The molecule has 0 saturated carbocycles. The molecule has 1 saturated heterocycles. The highest BCUT2D eigenvalue weighted by molar-refractivity contribution is 7.89. The first-order valence-electron chi connectivity index (χ1n) is 9.30. The minimum Gasteiger partial charge on any atom is -0.497 e. The molecule has 0 spiro atoms. The Labute approximate surface area is 171 Å². The zero-order chi connectivity index (χ0) is 20.9. The van der Waals surface area contributed by atoms with Gasteiger partial charge in [-0.1, -0.05) is 18.2 Å². The lowest BCUT2D eigenvalue weighted by atomic mass is 10.2. The molecule has 0 bridgehead atoms. The number of nitrogens with one attached hydrogen (secondary N) is 1. The van der Waals surface area contributed by atoms with Crippen molar-refractivity contribution in [3.63, 3.8) is 0 Å². The Kier molecular flexibility index (Phi) is 6.68. The molecule has 3 rings (SSSR count). The second kappa shape index (κ2) is 9.21. The van der Waals surface area contributed by atoms with Crippen LogP contribution in [0.15, 0.2) is 59.5 Å². The van der Waals surface area contributed by atoms with E-state index in [1.54, 1.807) is 31.4 Å². The predicted octanol–water partition coefficient (Wildman–Crippen LogP) is 2.28. The Bertz CT molecular complexity index is 996. The molecule has 0 unspecified atom stereocenters. The number of nitrogens with zero attached hydrogens (tertiary/aromatic N) is 2. The summed E-state index contributed by atoms with van der Waals surface area (Å²) in [7, 11) is -0.0298. The van der Waals surface area contributed by atoms with Crippen molar-refractivity contribution in [3.8, 4) is 5.75 Å². The molecule has 0 radical (unpaired) electrons. The molecule has 1 amide bonds. The van der Waals surface area contributed by atoms with Crippen LogP contribution < -0.4 is 10.1 Å². The van der Waals surface area contributed by atoms with Crippen molar-refractivity contribution in [1.82, 2.24) is 9.21 Å². The van der Waals surface area contributed by atoms with Crippen LogP contribution in [-0.2, 0) is 14.8 Å². The number of hydrogen-bond donors (Lipinski definition) is 1. The lowest BCUT2D eigenvalue weighted by Gasteiger charge is -2.31. The first-order valence-corrected chi connectivity index (χ1v) is 10.7. The first kappa shape index (κ1) is 21.0. The third-order valence-electron chi connectivity index (χ3n) is 4.72. The third kappa shape index (κ3) is 5.44. The van der Waals surface area contributed by atoms with Crippen LogP contribution in [0.2, 0.25) is 0 Å². The van der Waals surface area contributed by atoms with Crippen molar-refractivity contribution < 1.29 is 17.9 Å². The van der Waals surface area contributed by atoms with Gasteiger partial charge in [0.1, 0.15) is 5.75 Å². The number of benzene rings is 2. The molecule has 0 aliphatic carbocycles. The summed E-state index contributed by atoms with van der Waals surface area (Å²) in [5.41, 5.74) is 1.26. The average Bonchev–Trinajstić information content (AvgIpc) is 2.73. The highest BCUT2D eigenvalue weighted by Gasteiger charge is 2.27. The molecule has 0 aromatic heterocycles. The number of piperazine rings is 1. The number of carbonyl (C=O) groups excluding carboxylic acids is 1. The van der Waals surface area contributed by atoms with Crippen molar-refractivity contribution in [2.75, 3.05) is 45.7 Å². The first-order chi connectivity index (χ1) is 13.9. The van der Waals surface area contributed by atoms with Gasteiger partial charge in [-0.05, 0) is 49.0 Å². The molecule has 154 valence electrons. The van der Waals surface area contributed by atoms with Crippen molar-refractivity contribution in [1.29, 1.82) is 0 Å². The van der Waals surface area contributed by atoms with Crippen LogP contribution in [0.3, 0.4) is 0 Å². The largest absolute Gasteiger partial charge is 0.497 e. The maximum absolute atomic E-state index is 12.9. The van der Waals surface area contributed by atoms with E-state index in [-0.39, 0.29) is 10.8 Å². The molecule has 1 N–H and O–H groups in total. The van der Waals surface area contributed by atoms with E-state index in [0.29, 0.717) is 37.6 Å². The van der Waals surface area contributed by atoms with Gasteiger partial charge in [0.25, 0.3) is 0 Å². The van der Waals surface area contributed by atoms with E-state index in [1.807, 2.05) is 31.3 Å². The van der Waals surface area contributed by atoms with Crippen molar-refractivity contribution >= 4 is 27.7 Å². The Morgan fingerprint density at radius 3 is 2.52 bits per heavy atom. The number of hydrogen-bond acceptors (Lipinski definition) is 5. The molecule has 1 aliphatic rings. The number of likely N-dealkylation sites (N-methyl/N-ethyl adjacent to an activating group) is 1. The highest BCUT2D eigenvalue weighted by atomic mass is 32.2. The minimum atomic E-state index is -3.58. The van der Waals surface area contributed by atoms with Crippen molar-refractivity contribution in [2.45, 2.75) is 4.90 Å². The summed E-state index contributed by atoms with van der Waals surface area (Å²) in [5, 5.41) is 2.72. The number of anilines is 1. The number of methoxy groups -OCH3 is 1. The topological polar surface area (TPSA) is 78.9 Å². The van der Waals surface area contributed by atoms with Gasteiger partial charge in [-0.15, -0.1) is 0 Å². The molecule has 2 aromatic rings. The minimum absolute atomic E-state index is 0.177. The second-order valence-corrected chi connectivity index (χ2v) is 8.77. The van der Waals surface area contributed by atoms with Gasteiger partial charge in [0.15, 0.2) is 0 Å². The van der Waals surface area contributed by atoms with E-state index in [2.05, 4.69) is 10.2 Å². The van der Waals surface area contributed by atoms with Crippen LogP contribution in [0.1, 0.15) is 5.56 Å². The molecular weight excluding hydrogens is 390 g/mol. The maximum Gasteiger partial charge on any atom is 0.248 e. The molecule has 29 heavy (non-hydrogen) atoms. The fourth-order valence-electron chi connectivity index (χ4n) is 3.01. The Hall–Kier alpha value is -2.68. The predicted molar refractivity (Wildman–Crippen MR) is 113 cm³/mol. The van der Waals surface area contributed by atoms with E-state index in [0.717, 1.165) is 5.56 Å². The van der Waals surface area contributed by atoms with Crippen molar-refractivity contribution in [2.24, 2.45) is 0 Å². The summed E-state index contributed by atoms with van der Waals surface area (Å²) < 4.78 is 32.4. The van der Waals surface area contributed by atoms with Gasteiger partial charge >= 0.3 is 0 Å². The summed E-state index contributed by atoms with van der Waals surface area (Å²) >= 11 is 0.